The third-order valence-electron chi connectivity index (χ3n) is 5.78. The summed E-state index contributed by atoms with van der Waals surface area (Å²) in [6, 6.07) is 26.1. The summed E-state index contributed by atoms with van der Waals surface area (Å²) in [6.45, 7) is 4.88. The Morgan fingerprint density at radius 2 is 1.60 bits per heavy atom. The number of hydrogen-bond acceptors (Lipinski definition) is 4. The predicted octanol–water partition coefficient (Wildman–Crippen LogP) is 5.88. The average Bonchev–Trinajstić information content (AvgIpc) is 3.31. The maximum atomic E-state index is 11.1. The van der Waals surface area contributed by atoms with Gasteiger partial charge in [-0.05, 0) is 61.2 Å². The third-order valence-corrected chi connectivity index (χ3v) is 5.78. The Bertz CT molecular complexity index is 1280. The fraction of sp³-hybridized carbons (Fsp3) is 0.241. The summed E-state index contributed by atoms with van der Waals surface area (Å²) in [7, 11) is 0. The van der Waals surface area contributed by atoms with E-state index in [4.69, 9.17) is 19.7 Å². The first-order valence-corrected chi connectivity index (χ1v) is 11.9. The molecule has 0 unspecified atom stereocenters. The molecule has 0 fully saturated rings. The van der Waals surface area contributed by atoms with Crippen LogP contribution in [0.3, 0.4) is 0 Å². The van der Waals surface area contributed by atoms with Gasteiger partial charge < -0.3 is 14.6 Å². The van der Waals surface area contributed by atoms with Crippen molar-refractivity contribution in [1.29, 1.82) is 0 Å². The fourth-order valence-corrected chi connectivity index (χ4v) is 4.04. The minimum absolute atomic E-state index is 0.410. The highest BCUT2D eigenvalue weighted by Gasteiger charge is 2.18. The lowest BCUT2D eigenvalue weighted by Gasteiger charge is -2.12. The second-order valence-corrected chi connectivity index (χ2v) is 8.17. The number of hydrogen-bond donors (Lipinski definition) is 1. The number of carbonyl (C=O) groups is 1. The molecule has 6 nitrogen and oxygen atoms in total. The largest absolute Gasteiger partial charge is 0.493 e. The van der Waals surface area contributed by atoms with Crippen LogP contribution in [0.1, 0.15) is 25.0 Å². The Kier molecular flexibility index (Phi) is 7.83. The number of carboxylic acids is 1. The van der Waals surface area contributed by atoms with Gasteiger partial charge in [0.2, 0.25) is 0 Å². The Balaban J connectivity index is 1.80. The molecule has 0 spiro atoms. The quantitative estimate of drug-likeness (QED) is 0.296. The average molecular weight is 471 g/mol. The molecule has 180 valence electrons. The molecule has 0 saturated carbocycles. The Morgan fingerprint density at radius 1 is 0.857 bits per heavy atom. The molecule has 4 rings (SSSR count). The summed E-state index contributed by atoms with van der Waals surface area (Å²) < 4.78 is 13.5. The molecule has 1 aromatic heterocycles. The van der Waals surface area contributed by atoms with E-state index in [0.717, 1.165) is 46.7 Å². The van der Waals surface area contributed by atoms with Gasteiger partial charge in [-0.15, -0.1) is 0 Å². The molecular formula is C29H30N2O4. The number of para-hydroxylation sites is 1. The van der Waals surface area contributed by atoms with E-state index in [1.807, 2.05) is 78.3 Å². The molecule has 0 saturated heterocycles. The number of ether oxygens (including phenoxy) is 2. The van der Waals surface area contributed by atoms with E-state index in [2.05, 4.69) is 19.1 Å². The molecule has 0 aliphatic rings. The topological polar surface area (TPSA) is 73.6 Å². The van der Waals surface area contributed by atoms with Gasteiger partial charge in [0.1, 0.15) is 11.5 Å². The lowest BCUT2D eigenvalue weighted by atomic mass is 10.0. The summed E-state index contributed by atoms with van der Waals surface area (Å²) in [5.74, 6) is 0.282. The van der Waals surface area contributed by atoms with Crippen molar-refractivity contribution in [3.63, 3.8) is 0 Å². The van der Waals surface area contributed by atoms with Gasteiger partial charge in [0, 0.05) is 17.7 Å². The minimum Gasteiger partial charge on any atom is -0.493 e. The number of aromatic nitrogens is 2. The SMILES string of the molecule is CCOc1ccccc1-c1cc(-c2cc(CC)ccc2OCC(=O)O)nn1CCc1ccccc1. The van der Waals surface area contributed by atoms with E-state index in [-0.39, 0.29) is 0 Å². The highest BCUT2D eigenvalue weighted by molar-refractivity contribution is 5.76. The standard InChI is InChI=1S/C29H30N2O4/c1-3-21-14-15-28(35-20-29(32)33)24(18-21)25-19-26(23-12-8-9-13-27(23)34-4-2)31(30-25)17-16-22-10-6-5-7-11-22/h5-15,18-19H,3-4,16-17,20H2,1-2H3,(H,32,33). The van der Waals surface area contributed by atoms with Gasteiger partial charge >= 0.3 is 5.97 Å². The van der Waals surface area contributed by atoms with Gasteiger partial charge in [0.25, 0.3) is 0 Å². The van der Waals surface area contributed by atoms with Crippen LogP contribution in [0.4, 0.5) is 0 Å². The van der Waals surface area contributed by atoms with Crippen molar-refractivity contribution < 1.29 is 19.4 Å². The van der Waals surface area contributed by atoms with Crippen molar-refractivity contribution >= 4 is 5.97 Å². The lowest BCUT2D eigenvalue weighted by molar-refractivity contribution is -0.139. The molecule has 3 aromatic carbocycles. The number of aryl methyl sites for hydroxylation is 3. The number of nitrogens with zero attached hydrogens (tertiary/aromatic N) is 2. The van der Waals surface area contributed by atoms with Crippen LogP contribution >= 0.6 is 0 Å². The van der Waals surface area contributed by atoms with Crippen molar-refractivity contribution in [3.05, 3.63) is 90.0 Å². The first-order valence-electron chi connectivity index (χ1n) is 11.9. The summed E-state index contributed by atoms with van der Waals surface area (Å²) in [4.78, 5) is 11.1. The van der Waals surface area contributed by atoms with Crippen molar-refractivity contribution in [2.45, 2.75) is 33.2 Å². The second-order valence-electron chi connectivity index (χ2n) is 8.17. The Labute approximate surface area is 205 Å². The van der Waals surface area contributed by atoms with E-state index >= 15 is 0 Å². The number of aliphatic carboxylic acids is 1. The number of carboxylic acid groups (broad SMARTS) is 1. The smallest absolute Gasteiger partial charge is 0.341 e. The summed E-state index contributed by atoms with van der Waals surface area (Å²) in [6.07, 6.45) is 1.67. The van der Waals surface area contributed by atoms with Crippen LogP contribution in [0.5, 0.6) is 11.5 Å². The monoisotopic (exact) mass is 470 g/mol. The molecule has 0 aliphatic heterocycles. The molecule has 0 amide bonds. The maximum Gasteiger partial charge on any atom is 0.341 e. The van der Waals surface area contributed by atoms with Gasteiger partial charge in [-0.25, -0.2) is 4.79 Å². The first-order chi connectivity index (χ1) is 17.1. The molecule has 1 heterocycles. The molecule has 0 bridgehead atoms. The zero-order valence-electron chi connectivity index (χ0n) is 20.1. The normalized spacial score (nSPS) is 10.8. The van der Waals surface area contributed by atoms with Crippen LogP contribution in [0.15, 0.2) is 78.9 Å². The molecular weight excluding hydrogens is 440 g/mol. The maximum absolute atomic E-state index is 11.1. The minimum atomic E-state index is -1.02. The van der Waals surface area contributed by atoms with E-state index in [1.54, 1.807) is 0 Å². The van der Waals surface area contributed by atoms with Gasteiger partial charge in [-0.1, -0.05) is 55.5 Å². The van der Waals surface area contributed by atoms with E-state index in [1.165, 1.54) is 5.56 Å². The van der Waals surface area contributed by atoms with Gasteiger partial charge in [-0.3, -0.25) is 4.68 Å². The van der Waals surface area contributed by atoms with Crippen LogP contribution in [0, 0.1) is 0 Å². The van der Waals surface area contributed by atoms with Gasteiger partial charge in [0.05, 0.1) is 18.0 Å². The van der Waals surface area contributed by atoms with Crippen molar-refractivity contribution in [1.82, 2.24) is 9.78 Å². The molecule has 6 heteroatoms. The van der Waals surface area contributed by atoms with E-state index < -0.39 is 12.6 Å². The highest BCUT2D eigenvalue weighted by atomic mass is 16.5. The van der Waals surface area contributed by atoms with Crippen LogP contribution in [-0.4, -0.2) is 34.1 Å². The van der Waals surface area contributed by atoms with Crippen molar-refractivity contribution in [2.75, 3.05) is 13.2 Å². The van der Waals surface area contributed by atoms with E-state index in [0.29, 0.717) is 18.9 Å². The zero-order valence-corrected chi connectivity index (χ0v) is 20.1. The molecule has 0 aliphatic carbocycles. The molecule has 4 aromatic rings. The number of rotatable bonds is 11. The summed E-state index contributed by atoms with van der Waals surface area (Å²) >= 11 is 0. The second kappa shape index (κ2) is 11.4. The fourth-order valence-electron chi connectivity index (χ4n) is 4.04. The molecule has 35 heavy (non-hydrogen) atoms. The van der Waals surface area contributed by atoms with Gasteiger partial charge in [-0.2, -0.15) is 5.10 Å². The Hall–Kier alpha value is -4.06. The van der Waals surface area contributed by atoms with Crippen molar-refractivity contribution in [3.8, 4) is 34.0 Å². The van der Waals surface area contributed by atoms with Crippen LogP contribution in [-0.2, 0) is 24.2 Å². The summed E-state index contributed by atoms with van der Waals surface area (Å²) in [5, 5.41) is 14.1. The first kappa shape index (κ1) is 24.1. The third kappa shape index (κ3) is 5.90. The predicted molar refractivity (Wildman–Crippen MR) is 137 cm³/mol. The molecule has 0 atom stereocenters. The van der Waals surface area contributed by atoms with Gasteiger partial charge in [0.15, 0.2) is 6.61 Å². The molecule has 0 radical (unpaired) electrons. The number of benzene rings is 3. The summed E-state index contributed by atoms with van der Waals surface area (Å²) in [5.41, 5.74) is 5.76. The van der Waals surface area contributed by atoms with Crippen LogP contribution in [0.25, 0.3) is 22.5 Å². The Morgan fingerprint density at radius 3 is 2.34 bits per heavy atom. The van der Waals surface area contributed by atoms with Crippen LogP contribution < -0.4 is 9.47 Å². The highest BCUT2D eigenvalue weighted by Crippen LogP contribution is 2.36. The molecule has 1 N–H and O–H groups in total. The lowest BCUT2D eigenvalue weighted by Crippen LogP contribution is -2.10. The van der Waals surface area contributed by atoms with E-state index in [9.17, 15) is 4.79 Å². The van der Waals surface area contributed by atoms with Crippen molar-refractivity contribution in [2.24, 2.45) is 0 Å². The van der Waals surface area contributed by atoms with Crippen LogP contribution in [0.2, 0.25) is 0 Å². The zero-order chi connectivity index (χ0) is 24.6.